The summed E-state index contributed by atoms with van der Waals surface area (Å²) in [6.45, 7) is 7.16. The molecule has 0 saturated carbocycles. The molecular weight excluding hydrogens is 256 g/mol. The second-order valence-electron chi connectivity index (χ2n) is 5.00. The molecule has 0 radical (unpaired) electrons. The number of rotatable bonds is 5. The number of hydrogen-bond acceptors (Lipinski definition) is 4. The first kappa shape index (κ1) is 16.2. The van der Waals surface area contributed by atoms with Crippen molar-refractivity contribution in [3.8, 4) is 5.75 Å². The summed E-state index contributed by atoms with van der Waals surface area (Å²) in [4.78, 5) is 11.7. The third kappa shape index (κ3) is 3.61. The lowest BCUT2D eigenvalue weighted by atomic mass is 9.94. The van der Waals surface area contributed by atoms with Gasteiger partial charge in [0.1, 0.15) is 18.0 Å². The molecule has 4 nitrogen and oxygen atoms in total. The number of carbonyl (C=O) groups excluding carboxylic acids is 1. The minimum absolute atomic E-state index is 0.0319. The minimum atomic E-state index is -0.887. The van der Waals surface area contributed by atoms with Gasteiger partial charge in [-0.05, 0) is 39.3 Å². The van der Waals surface area contributed by atoms with E-state index in [-0.39, 0.29) is 18.3 Å². The van der Waals surface area contributed by atoms with E-state index in [4.69, 9.17) is 9.47 Å². The van der Waals surface area contributed by atoms with E-state index in [1.165, 1.54) is 7.11 Å². The Kier molecular flexibility index (Phi) is 5.34. The van der Waals surface area contributed by atoms with Crippen molar-refractivity contribution in [2.45, 2.75) is 33.3 Å². The van der Waals surface area contributed by atoms with Crippen LogP contribution in [0.5, 0.6) is 5.75 Å². The summed E-state index contributed by atoms with van der Waals surface area (Å²) in [5, 5.41) is 10.0. The van der Waals surface area contributed by atoms with E-state index >= 15 is 0 Å². The van der Waals surface area contributed by atoms with Gasteiger partial charge in [0.2, 0.25) is 0 Å². The molecule has 110 valence electrons. The van der Waals surface area contributed by atoms with Gasteiger partial charge in [0, 0.05) is 18.2 Å². The van der Waals surface area contributed by atoms with Crippen molar-refractivity contribution in [1.82, 2.24) is 0 Å². The standard InChI is InChI=1S/C16H22O4/c1-6-12(3)15(18)20-10-16(4,19-5)13-8-7-11(2)9-14(13)17/h6-9,17H,10H2,1-5H3/b12-6-. The van der Waals surface area contributed by atoms with Crippen LogP contribution < -0.4 is 0 Å². The number of hydrogen-bond donors (Lipinski definition) is 1. The van der Waals surface area contributed by atoms with Gasteiger partial charge in [-0.1, -0.05) is 18.2 Å². The maximum absolute atomic E-state index is 11.7. The first-order valence-electron chi connectivity index (χ1n) is 6.49. The van der Waals surface area contributed by atoms with E-state index in [2.05, 4.69) is 0 Å². The van der Waals surface area contributed by atoms with Crippen molar-refractivity contribution < 1.29 is 19.4 Å². The Morgan fingerprint density at radius 1 is 1.45 bits per heavy atom. The molecule has 0 aliphatic carbocycles. The zero-order valence-corrected chi connectivity index (χ0v) is 12.7. The number of benzene rings is 1. The van der Waals surface area contributed by atoms with E-state index in [1.54, 1.807) is 39.0 Å². The van der Waals surface area contributed by atoms with Crippen molar-refractivity contribution in [3.05, 3.63) is 41.0 Å². The number of esters is 1. The van der Waals surface area contributed by atoms with Gasteiger partial charge in [-0.15, -0.1) is 0 Å². The average molecular weight is 278 g/mol. The second-order valence-corrected chi connectivity index (χ2v) is 5.00. The Labute approximate surface area is 120 Å². The lowest BCUT2D eigenvalue weighted by Gasteiger charge is -2.29. The van der Waals surface area contributed by atoms with E-state index in [9.17, 15) is 9.90 Å². The summed E-state index contributed by atoms with van der Waals surface area (Å²) in [7, 11) is 1.52. The molecule has 0 saturated heterocycles. The third-order valence-electron chi connectivity index (χ3n) is 3.41. The predicted octanol–water partition coefficient (Wildman–Crippen LogP) is 3.07. The van der Waals surface area contributed by atoms with E-state index in [0.717, 1.165) is 5.56 Å². The monoisotopic (exact) mass is 278 g/mol. The first-order valence-corrected chi connectivity index (χ1v) is 6.49. The number of methoxy groups -OCH3 is 1. The molecule has 4 heteroatoms. The van der Waals surface area contributed by atoms with Crippen LogP contribution in [0.2, 0.25) is 0 Å². The number of aryl methyl sites for hydroxylation is 1. The molecular formula is C16H22O4. The Balaban J connectivity index is 2.94. The zero-order valence-electron chi connectivity index (χ0n) is 12.7. The molecule has 0 bridgehead atoms. The molecule has 1 atom stereocenters. The average Bonchev–Trinajstić information content (AvgIpc) is 2.43. The van der Waals surface area contributed by atoms with Gasteiger partial charge in [-0.25, -0.2) is 4.79 Å². The highest BCUT2D eigenvalue weighted by Crippen LogP contribution is 2.33. The van der Waals surface area contributed by atoms with Gasteiger partial charge in [-0.2, -0.15) is 0 Å². The molecule has 0 amide bonds. The summed E-state index contributed by atoms with van der Waals surface area (Å²) in [6, 6.07) is 5.32. The Bertz CT molecular complexity index is 519. The van der Waals surface area contributed by atoms with Crippen molar-refractivity contribution in [1.29, 1.82) is 0 Å². The van der Waals surface area contributed by atoms with Gasteiger partial charge in [0.05, 0.1) is 0 Å². The fraction of sp³-hybridized carbons (Fsp3) is 0.438. The van der Waals surface area contributed by atoms with Gasteiger partial charge >= 0.3 is 5.97 Å². The summed E-state index contributed by atoms with van der Waals surface area (Å²) in [6.07, 6.45) is 1.69. The molecule has 1 unspecified atom stereocenters. The molecule has 1 aromatic carbocycles. The third-order valence-corrected chi connectivity index (χ3v) is 3.41. The van der Waals surface area contributed by atoms with Crippen LogP contribution in [-0.2, 0) is 19.9 Å². The fourth-order valence-corrected chi connectivity index (χ4v) is 1.77. The van der Waals surface area contributed by atoms with Crippen molar-refractivity contribution in [2.75, 3.05) is 13.7 Å². The van der Waals surface area contributed by atoms with Crippen molar-refractivity contribution in [3.63, 3.8) is 0 Å². The van der Waals surface area contributed by atoms with Crippen LogP contribution in [0, 0.1) is 6.92 Å². The summed E-state index contributed by atoms with van der Waals surface area (Å²) in [5.74, 6) is -0.254. The Morgan fingerprint density at radius 3 is 2.60 bits per heavy atom. The van der Waals surface area contributed by atoms with Crippen LogP contribution in [-0.4, -0.2) is 24.8 Å². The van der Waals surface area contributed by atoms with Crippen LogP contribution in [0.3, 0.4) is 0 Å². The van der Waals surface area contributed by atoms with Crippen LogP contribution in [0.15, 0.2) is 29.8 Å². The second kappa shape index (κ2) is 6.57. The summed E-state index contributed by atoms with van der Waals surface area (Å²) < 4.78 is 10.7. The fourth-order valence-electron chi connectivity index (χ4n) is 1.77. The van der Waals surface area contributed by atoms with Gasteiger partial charge in [-0.3, -0.25) is 0 Å². The van der Waals surface area contributed by atoms with Crippen LogP contribution in [0.4, 0.5) is 0 Å². The number of allylic oxidation sites excluding steroid dienone is 1. The van der Waals surface area contributed by atoms with Crippen LogP contribution in [0.25, 0.3) is 0 Å². The quantitative estimate of drug-likeness (QED) is 0.664. The van der Waals surface area contributed by atoms with Gasteiger partial charge in [0.25, 0.3) is 0 Å². The van der Waals surface area contributed by atoms with Gasteiger partial charge in [0.15, 0.2) is 0 Å². The topological polar surface area (TPSA) is 55.8 Å². The normalized spacial score (nSPS) is 14.8. The molecule has 20 heavy (non-hydrogen) atoms. The molecule has 0 heterocycles. The lowest BCUT2D eigenvalue weighted by Crippen LogP contribution is -2.32. The molecule has 1 N–H and O–H groups in total. The molecule has 0 spiro atoms. The van der Waals surface area contributed by atoms with Gasteiger partial charge < -0.3 is 14.6 Å². The Morgan fingerprint density at radius 2 is 2.10 bits per heavy atom. The number of ether oxygens (including phenoxy) is 2. The molecule has 0 aromatic heterocycles. The number of carbonyl (C=O) groups is 1. The number of phenolic OH excluding ortho intramolecular Hbond substituents is 1. The highest BCUT2D eigenvalue weighted by Gasteiger charge is 2.31. The minimum Gasteiger partial charge on any atom is -0.508 e. The smallest absolute Gasteiger partial charge is 0.333 e. The predicted molar refractivity (Wildman–Crippen MR) is 77.6 cm³/mol. The molecule has 0 fully saturated rings. The van der Waals surface area contributed by atoms with Crippen molar-refractivity contribution >= 4 is 5.97 Å². The summed E-state index contributed by atoms with van der Waals surface area (Å²) in [5.41, 5.74) is 1.20. The molecule has 0 aliphatic heterocycles. The van der Waals surface area contributed by atoms with Crippen LogP contribution in [0.1, 0.15) is 31.9 Å². The van der Waals surface area contributed by atoms with E-state index in [0.29, 0.717) is 11.1 Å². The zero-order chi connectivity index (χ0) is 15.3. The molecule has 0 aliphatic rings. The van der Waals surface area contributed by atoms with E-state index in [1.807, 2.05) is 13.0 Å². The van der Waals surface area contributed by atoms with Crippen molar-refractivity contribution in [2.24, 2.45) is 0 Å². The van der Waals surface area contributed by atoms with Crippen LogP contribution >= 0.6 is 0 Å². The molecule has 1 aromatic rings. The maximum atomic E-state index is 11.7. The molecule has 1 rings (SSSR count). The highest BCUT2D eigenvalue weighted by atomic mass is 16.6. The summed E-state index contributed by atoms with van der Waals surface area (Å²) >= 11 is 0. The maximum Gasteiger partial charge on any atom is 0.333 e. The Hall–Kier alpha value is -1.81. The number of phenols is 1. The van der Waals surface area contributed by atoms with E-state index < -0.39 is 5.60 Å². The SMILES string of the molecule is C/C=C(/C)C(=O)OCC(C)(OC)c1ccc(C)cc1O. The largest absolute Gasteiger partial charge is 0.508 e. The number of aromatic hydroxyl groups is 1. The highest BCUT2D eigenvalue weighted by molar-refractivity contribution is 5.87. The lowest BCUT2D eigenvalue weighted by molar-refractivity contribution is -0.148. The first-order chi connectivity index (χ1) is 9.34.